The molecular formula is C26H22Br2N2. The van der Waals surface area contributed by atoms with Crippen LogP contribution in [0, 0.1) is 5.92 Å². The largest absolute Gasteiger partial charge is 0.257 e. The fourth-order valence-electron chi connectivity index (χ4n) is 4.55. The average molecular weight is 522 g/mol. The highest BCUT2D eigenvalue weighted by Crippen LogP contribution is 2.46. The van der Waals surface area contributed by atoms with Crippen molar-refractivity contribution in [3.63, 3.8) is 0 Å². The summed E-state index contributed by atoms with van der Waals surface area (Å²) in [5, 5.41) is 7.46. The van der Waals surface area contributed by atoms with Crippen molar-refractivity contribution in [3.05, 3.63) is 105 Å². The Morgan fingerprint density at radius 1 is 0.833 bits per heavy atom. The molecule has 0 bridgehead atoms. The second kappa shape index (κ2) is 8.52. The van der Waals surface area contributed by atoms with Crippen molar-refractivity contribution in [1.82, 2.24) is 0 Å². The van der Waals surface area contributed by atoms with Crippen LogP contribution < -0.4 is 5.01 Å². The highest BCUT2D eigenvalue weighted by Gasteiger charge is 2.41. The second-order valence-electron chi connectivity index (χ2n) is 7.88. The van der Waals surface area contributed by atoms with E-state index in [0.29, 0.717) is 5.92 Å². The Morgan fingerprint density at radius 3 is 2.20 bits per heavy atom. The topological polar surface area (TPSA) is 15.6 Å². The molecule has 3 aromatic rings. The smallest absolute Gasteiger partial charge is 0.0859 e. The number of para-hydroxylation sites is 1. The van der Waals surface area contributed by atoms with Crippen LogP contribution in [-0.4, -0.2) is 5.71 Å². The number of benzene rings is 3. The lowest BCUT2D eigenvalue weighted by Gasteiger charge is -2.30. The van der Waals surface area contributed by atoms with Crippen LogP contribution in [-0.2, 0) is 0 Å². The van der Waals surface area contributed by atoms with Crippen molar-refractivity contribution in [2.24, 2.45) is 11.0 Å². The van der Waals surface area contributed by atoms with Gasteiger partial charge >= 0.3 is 0 Å². The standard InChI is InChI=1S/C26H22Br2N2/c27-21-13-9-18(10-14-21)17-20-5-4-8-24-25(20)29-30(23-6-2-1-3-7-23)26(24)19-11-15-22(28)16-12-19/h1-3,6-7,9-17,24,26H,4-5,8H2. The summed E-state index contributed by atoms with van der Waals surface area (Å²) < 4.78 is 2.21. The summed E-state index contributed by atoms with van der Waals surface area (Å²) in [6.45, 7) is 0. The summed E-state index contributed by atoms with van der Waals surface area (Å²) in [4.78, 5) is 0. The van der Waals surface area contributed by atoms with Crippen LogP contribution in [0.4, 0.5) is 5.69 Å². The molecule has 0 radical (unpaired) electrons. The van der Waals surface area contributed by atoms with Gasteiger partial charge in [0.05, 0.1) is 17.4 Å². The first-order valence-electron chi connectivity index (χ1n) is 10.3. The predicted molar refractivity (Wildman–Crippen MR) is 133 cm³/mol. The highest BCUT2D eigenvalue weighted by atomic mass is 79.9. The van der Waals surface area contributed by atoms with Gasteiger partial charge in [0.1, 0.15) is 0 Å². The molecule has 0 amide bonds. The van der Waals surface area contributed by atoms with E-state index < -0.39 is 0 Å². The molecule has 2 atom stereocenters. The number of rotatable bonds is 3. The Balaban J connectivity index is 1.58. The molecule has 5 rings (SSSR count). The summed E-state index contributed by atoms with van der Waals surface area (Å²) in [5.41, 5.74) is 6.32. The van der Waals surface area contributed by atoms with Crippen LogP contribution in [0.1, 0.15) is 36.4 Å². The molecule has 4 heteroatoms. The van der Waals surface area contributed by atoms with E-state index in [2.05, 4.69) is 122 Å². The van der Waals surface area contributed by atoms with Crippen molar-refractivity contribution >= 4 is 49.3 Å². The quantitative estimate of drug-likeness (QED) is 0.340. The van der Waals surface area contributed by atoms with Crippen molar-refractivity contribution in [3.8, 4) is 0 Å². The van der Waals surface area contributed by atoms with Crippen molar-refractivity contribution < 1.29 is 0 Å². The maximum atomic E-state index is 5.22. The zero-order valence-corrected chi connectivity index (χ0v) is 19.7. The molecule has 0 saturated heterocycles. The lowest BCUT2D eigenvalue weighted by molar-refractivity contribution is 0.488. The molecule has 1 aliphatic carbocycles. The summed E-state index contributed by atoms with van der Waals surface area (Å²) in [5.74, 6) is 0.404. The third-order valence-corrected chi connectivity index (χ3v) is 7.00. The van der Waals surface area contributed by atoms with Gasteiger partial charge in [0.2, 0.25) is 0 Å². The van der Waals surface area contributed by atoms with Crippen LogP contribution in [0.3, 0.4) is 0 Å². The summed E-state index contributed by atoms with van der Waals surface area (Å²) in [7, 11) is 0. The minimum atomic E-state index is 0.226. The van der Waals surface area contributed by atoms with Gasteiger partial charge in [0, 0.05) is 14.9 Å². The molecule has 1 aliphatic heterocycles. The Labute approximate surface area is 194 Å². The van der Waals surface area contributed by atoms with Crippen LogP contribution in [0.5, 0.6) is 0 Å². The Kier molecular flexibility index (Phi) is 5.62. The van der Waals surface area contributed by atoms with Gasteiger partial charge in [-0.25, -0.2) is 0 Å². The lowest BCUT2D eigenvalue weighted by atomic mass is 9.77. The van der Waals surface area contributed by atoms with E-state index in [1.54, 1.807) is 0 Å². The van der Waals surface area contributed by atoms with E-state index in [4.69, 9.17) is 5.10 Å². The van der Waals surface area contributed by atoms with Gasteiger partial charge in [0.15, 0.2) is 0 Å². The Bertz CT molecular complexity index is 1090. The number of hydrazone groups is 1. The third-order valence-electron chi connectivity index (χ3n) is 5.94. The van der Waals surface area contributed by atoms with Crippen LogP contribution in [0.2, 0.25) is 0 Å². The van der Waals surface area contributed by atoms with E-state index in [0.717, 1.165) is 21.1 Å². The third kappa shape index (κ3) is 3.91. The number of halogens is 2. The van der Waals surface area contributed by atoms with Gasteiger partial charge in [-0.3, -0.25) is 5.01 Å². The van der Waals surface area contributed by atoms with Crippen molar-refractivity contribution in [2.75, 3.05) is 5.01 Å². The average Bonchev–Trinajstić information content (AvgIpc) is 3.17. The molecule has 1 saturated carbocycles. The molecule has 1 fully saturated rings. The van der Waals surface area contributed by atoms with E-state index in [1.165, 1.54) is 35.3 Å². The molecule has 2 aliphatic rings. The second-order valence-corrected chi connectivity index (χ2v) is 9.71. The van der Waals surface area contributed by atoms with E-state index >= 15 is 0 Å². The molecule has 0 spiro atoms. The molecule has 150 valence electrons. The number of fused-ring (bicyclic) bond motifs is 1. The van der Waals surface area contributed by atoms with Gasteiger partial charge in [-0.05, 0) is 78.4 Å². The minimum Gasteiger partial charge on any atom is -0.257 e. The molecule has 2 nitrogen and oxygen atoms in total. The number of nitrogens with zero attached hydrogens (tertiary/aromatic N) is 2. The Morgan fingerprint density at radius 2 is 1.50 bits per heavy atom. The maximum Gasteiger partial charge on any atom is 0.0859 e. The lowest BCUT2D eigenvalue weighted by Crippen LogP contribution is -2.28. The van der Waals surface area contributed by atoms with Crippen molar-refractivity contribution in [1.29, 1.82) is 0 Å². The van der Waals surface area contributed by atoms with Crippen LogP contribution in [0.25, 0.3) is 6.08 Å². The first-order valence-corrected chi connectivity index (χ1v) is 11.9. The van der Waals surface area contributed by atoms with E-state index in [9.17, 15) is 0 Å². The van der Waals surface area contributed by atoms with Crippen molar-refractivity contribution in [2.45, 2.75) is 25.3 Å². The fourth-order valence-corrected chi connectivity index (χ4v) is 5.08. The molecule has 0 N–H and O–H groups in total. The summed E-state index contributed by atoms with van der Waals surface area (Å²) in [6.07, 6.45) is 5.77. The van der Waals surface area contributed by atoms with Gasteiger partial charge in [0.25, 0.3) is 0 Å². The first kappa shape index (κ1) is 19.8. The van der Waals surface area contributed by atoms with E-state index in [-0.39, 0.29) is 6.04 Å². The SMILES string of the molecule is Brc1ccc(C=C2CCCC3C2=NN(c2ccccc2)C3c2ccc(Br)cc2)cc1. The van der Waals surface area contributed by atoms with Crippen LogP contribution in [0.15, 0.2) is 98.5 Å². The summed E-state index contributed by atoms with van der Waals surface area (Å²) >= 11 is 7.11. The normalized spacial score (nSPS) is 22.1. The maximum absolute atomic E-state index is 5.22. The van der Waals surface area contributed by atoms with Gasteiger partial charge in [-0.1, -0.05) is 74.3 Å². The monoisotopic (exact) mass is 520 g/mol. The number of hydrogen-bond donors (Lipinski definition) is 0. The highest BCUT2D eigenvalue weighted by molar-refractivity contribution is 9.10. The minimum absolute atomic E-state index is 0.226. The summed E-state index contributed by atoms with van der Waals surface area (Å²) in [6, 6.07) is 28.1. The zero-order chi connectivity index (χ0) is 20.5. The van der Waals surface area contributed by atoms with Gasteiger partial charge in [-0.2, -0.15) is 5.10 Å². The fraction of sp³-hybridized carbons (Fsp3) is 0.192. The van der Waals surface area contributed by atoms with Gasteiger partial charge < -0.3 is 0 Å². The molecule has 3 aromatic carbocycles. The Hall–Kier alpha value is -2.17. The first-order chi connectivity index (χ1) is 14.7. The molecule has 0 aromatic heterocycles. The number of allylic oxidation sites excluding steroid dienone is 1. The molecular weight excluding hydrogens is 500 g/mol. The van der Waals surface area contributed by atoms with E-state index in [1.807, 2.05) is 0 Å². The predicted octanol–water partition coefficient (Wildman–Crippen LogP) is 8.01. The number of anilines is 1. The van der Waals surface area contributed by atoms with Gasteiger partial charge in [-0.15, -0.1) is 0 Å². The zero-order valence-electron chi connectivity index (χ0n) is 16.5. The van der Waals surface area contributed by atoms with Crippen LogP contribution >= 0.6 is 31.9 Å². The number of hydrogen-bond acceptors (Lipinski definition) is 2. The molecule has 1 heterocycles. The molecule has 2 unspecified atom stereocenters. The molecule has 30 heavy (non-hydrogen) atoms.